The third-order valence-corrected chi connectivity index (χ3v) is 9.14. The normalized spacial score (nSPS) is 14.8. The SMILES string of the molecule is COc1ccc([C@@H]2C(C(=O)Nc3ccccc3)=C(C)N=c3s/c(=C\c4cc(I)c(OC)c(I)c4)c(=O)n32)c(OC)c1. The Balaban J connectivity index is 1.72. The van der Waals surface area contributed by atoms with Gasteiger partial charge in [-0.25, -0.2) is 4.99 Å². The van der Waals surface area contributed by atoms with E-state index in [2.05, 4.69) is 50.5 Å². The van der Waals surface area contributed by atoms with E-state index in [9.17, 15) is 9.59 Å². The van der Waals surface area contributed by atoms with E-state index in [0.717, 1.165) is 18.5 Å². The summed E-state index contributed by atoms with van der Waals surface area (Å²) in [6, 6.07) is 17.7. The number of hydrogen-bond acceptors (Lipinski definition) is 7. The Morgan fingerprint density at radius 1 is 1.00 bits per heavy atom. The molecule has 0 saturated heterocycles. The lowest BCUT2D eigenvalue weighted by Crippen LogP contribution is -2.40. The topological polar surface area (TPSA) is 91.2 Å². The fraction of sp³-hybridized carbons (Fsp3) is 0.167. The van der Waals surface area contributed by atoms with Crippen LogP contribution in [0.2, 0.25) is 0 Å². The van der Waals surface area contributed by atoms with E-state index in [-0.39, 0.29) is 11.5 Å². The number of amides is 1. The molecule has 1 aliphatic heterocycles. The fourth-order valence-corrected chi connectivity index (χ4v) is 7.98. The van der Waals surface area contributed by atoms with Crippen LogP contribution in [-0.2, 0) is 4.79 Å². The number of methoxy groups -OCH3 is 3. The van der Waals surface area contributed by atoms with Crippen LogP contribution in [0, 0.1) is 7.14 Å². The van der Waals surface area contributed by atoms with Crippen molar-refractivity contribution in [3.63, 3.8) is 0 Å². The highest BCUT2D eigenvalue weighted by molar-refractivity contribution is 14.1. The molecule has 210 valence electrons. The van der Waals surface area contributed by atoms with Gasteiger partial charge in [-0.05, 0) is 100 Å². The van der Waals surface area contributed by atoms with E-state index in [0.29, 0.717) is 43.4 Å². The second kappa shape index (κ2) is 12.4. The van der Waals surface area contributed by atoms with Gasteiger partial charge in [0.25, 0.3) is 11.5 Å². The van der Waals surface area contributed by atoms with Crippen molar-refractivity contribution in [2.24, 2.45) is 4.99 Å². The second-order valence-electron chi connectivity index (χ2n) is 9.03. The molecule has 8 nitrogen and oxygen atoms in total. The summed E-state index contributed by atoms with van der Waals surface area (Å²) in [6.07, 6.45) is 1.85. The Kier molecular flexibility index (Phi) is 8.85. The van der Waals surface area contributed by atoms with Gasteiger partial charge < -0.3 is 19.5 Å². The van der Waals surface area contributed by atoms with Crippen molar-refractivity contribution >= 4 is 74.2 Å². The van der Waals surface area contributed by atoms with Crippen LogP contribution in [-0.4, -0.2) is 31.8 Å². The maximum Gasteiger partial charge on any atom is 0.271 e. The van der Waals surface area contributed by atoms with E-state index >= 15 is 0 Å². The lowest BCUT2D eigenvalue weighted by atomic mass is 9.94. The summed E-state index contributed by atoms with van der Waals surface area (Å²) in [5, 5.41) is 2.97. The average molecular weight is 793 g/mol. The Morgan fingerprint density at radius 3 is 2.34 bits per heavy atom. The van der Waals surface area contributed by atoms with Crippen LogP contribution in [0.5, 0.6) is 17.2 Å². The van der Waals surface area contributed by atoms with Gasteiger partial charge in [0.1, 0.15) is 23.3 Å². The molecule has 0 radical (unpaired) electrons. The molecule has 1 atom stereocenters. The number of rotatable bonds is 7. The predicted molar refractivity (Wildman–Crippen MR) is 177 cm³/mol. The zero-order valence-electron chi connectivity index (χ0n) is 22.5. The molecule has 0 bridgehead atoms. The average Bonchev–Trinajstić information content (AvgIpc) is 3.26. The summed E-state index contributed by atoms with van der Waals surface area (Å²) in [7, 11) is 4.76. The molecule has 0 aliphatic carbocycles. The number of fused-ring (bicyclic) bond motifs is 1. The molecule has 1 amide bonds. The first-order chi connectivity index (χ1) is 19.7. The lowest BCUT2D eigenvalue weighted by molar-refractivity contribution is -0.113. The third kappa shape index (κ3) is 5.79. The van der Waals surface area contributed by atoms with Crippen LogP contribution in [0.25, 0.3) is 6.08 Å². The van der Waals surface area contributed by atoms with Gasteiger partial charge in [0.15, 0.2) is 4.80 Å². The number of hydrogen-bond donors (Lipinski definition) is 1. The van der Waals surface area contributed by atoms with Crippen molar-refractivity contribution < 1.29 is 19.0 Å². The first-order valence-corrected chi connectivity index (χ1v) is 15.4. The van der Waals surface area contributed by atoms with E-state index in [1.165, 1.54) is 11.3 Å². The molecular weight excluding hydrogens is 768 g/mol. The molecule has 4 aromatic rings. The summed E-state index contributed by atoms with van der Waals surface area (Å²) in [4.78, 5) is 33.1. The minimum Gasteiger partial charge on any atom is -0.497 e. The Labute approximate surface area is 267 Å². The molecule has 1 aliphatic rings. The number of para-hydroxylation sites is 1. The maximum atomic E-state index is 14.1. The molecule has 1 aromatic heterocycles. The minimum atomic E-state index is -0.783. The Bertz CT molecular complexity index is 1840. The zero-order chi connectivity index (χ0) is 29.3. The monoisotopic (exact) mass is 793 g/mol. The van der Waals surface area contributed by atoms with E-state index in [1.54, 1.807) is 45.0 Å². The number of nitrogens with zero attached hydrogens (tertiary/aromatic N) is 2. The van der Waals surface area contributed by atoms with Gasteiger partial charge >= 0.3 is 0 Å². The van der Waals surface area contributed by atoms with Crippen LogP contribution < -0.4 is 34.4 Å². The van der Waals surface area contributed by atoms with Gasteiger partial charge in [0.05, 0.1) is 44.3 Å². The smallest absolute Gasteiger partial charge is 0.271 e. The van der Waals surface area contributed by atoms with E-state index < -0.39 is 6.04 Å². The Hall–Kier alpha value is -3.17. The molecule has 2 heterocycles. The molecule has 1 N–H and O–H groups in total. The molecule has 0 fully saturated rings. The number of carbonyl (C=O) groups excluding carboxylic acids is 1. The number of carbonyl (C=O) groups is 1. The van der Waals surface area contributed by atoms with Crippen molar-refractivity contribution in [1.29, 1.82) is 0 Å². The number of thiazole rings is 1. The van der Waals surface area contributed by atoms with Gasteiger partial charge in [0.2, 0.25) is 0 Å². The van der Waals surface area contributed by atoms with Gasteiger partial charge in [-0.3, -0.25) is 14.2 Å². The molecule has 0 spiro atoms. The molecule has 0 unspecified atom stereocenters. The molecule has 5 rings (SSSR count). The van der Waals surface area contributed by atoms with Crippen LogP contribution in [0.4, 0.5) is 5.69 Å². The third-order valence-electron chi connectivity index (χ3n) is 6.56. The lowest BCUT2D eigenvalue weighted by Gasteiger charge is -2.26. The highest BCUT2D eigenvalue weighted by Crippen LogP contribution is 2.37. The standard InChI is InChI=1S/C30H25I2N3O5S/c1-16-25(28(36)34-18-8-6-5-7-9-18)26(20-11-10-19(38-2)15-23(20)39-3)35-29(37)24(41-30(35)33-16)14-17-12-21(31)27(40-4)22(32)13-17/h5-15,26H,1-4H3,(H,34,36)/b24-14-/t26-/m1/s1. The van der Waals surface area contributed by atoms with Crippen molar-refractivity contribution in [1.82, 2.24) is 4.57 Å². The van der Waals surface area contributed by atoms with Gasteiger partial charge in [-0.2, -0.15) is 0 Å². The van der Waals surface area contributed by atoms with E-state index in [1.807, 2.05) is 54.6 Å². The van der Waals surface area contributed by atoms with Gasteiger partial charge in [-0.1, -0.05) is 29.5 Å². The summed E-state index contributed by atoms with van der Waals surface area (Å²) < 4.78 is 20.6. The minimum absolute atomic E-state index is 0.255. The molecule has 0 saturated carbocycles. The van der Waals surface area contributed by atoms with Crippen molar-refractivity contribution in [3.05, 3.63) is 110 Å². The Morgan fingerprint density at radius 2 is 1.71 bits per heavy atom. The van der Waals surface area contributed by atoms with Crippen LogP contribution >= 0.6 is 56.5 Å². The second-order valence-corrected chi connectivity index (χ2v) is 12.4. The summed E-state index contributed by atoms with van der Waals surface area (Å²) >= 11 is 5.72. The van der Waals surface area contributed by atoms with Crippen molar-refractivity contribution in [2.75, 3.05) is 26.6 Å². The fourth-order valence-electron chi connectivity index (χ4n) is 4.68. The predicted octanol–water partition coefficient (Wildman–Crippen LogP) is 5.11. The largest absolute Gasteiger partial charge is 0.497 e. The number of allylic oxidation sites excluding steroid dienone is 1. The molecule has 3 aromatic carbocycles. The first-order valence-electron chi connectivity index (χ1n) is 12.4. The highest BCUT2D eigenvalue weighted by atomic mass is 127. The zero-order valence-corrected chi connectivity index (χ0v) is 27.7. The van der Waals surface area contributed by atoms with Crippen molar-refractivity contribution in [3.8, 4) is 17.2 Å². The number of aromatic nitrogens is 1. The number of anilines is 1. The number of nitrogens with one attached hydrogen (secondary N) is 1. The first kappa shape index (κ1) is 29.3. The molecule has 41 heavy (non-hydrogen) atoms. The summed E-state index contributed by atoms with van der Waals surface area (Å²) in [6.45, 7) is 1.79. The van der Waals surface area contributed by atoms with Crippen LogP contribution in [0.15, 0.2) is 81.7 Å². The summed E-state index contributed by atoms with van der Waals surface area (Å²) in [5.41, 5.74) is 2.75. The maximum absolute atomic E-state index is 14.1. The van der Waals surface area contributed by atoms with Crippen molar-refractivity contribution in [2.45, 2.75) is 13.0 Å². The number of ether oxygens (including phenoxy) is 3. The van der Waals surface area contributed by atoms with Gasteiger partial charge in [-0.15, -0.1) is 0 Å². The quantitative estimate of drug-likeness (QED) is 0.263. The number of halogens is 2. The van der Waals surface area contributed by atoms with Crippen LogP contribution in [0.3, 0.4) is 0 Å². The molecular formula is C30H25I2N3O5S. The van der Waals surface area contributed by atoms with E-state index in [4.69, 9.17) is 19.2 Å². The summed E-state index contributed by atoms with van der Waals surface area (Å²) in [5.74, 6) is 1.52. The van der Waals surface area contributed by atoms with Crippen LogP contribution in [0.1, 0.15) is 24.1 Å². The highest BCUT2D eigenvalue weighted by Gasteiger charge is 2.34. The number of benzene rings is 3. The molecule has 11 heteroatoms. The van der Waals surface area contributed by atoms with Gasteiger partial charge in [0, 0.05) is 17.3 Å².